The summed E-state index contributed by atoms with van der Waals surface area (Å²) in [6.07, 6.45) is 84.0. The molecule has 6 heteroatoms. The van der Waals surface area contributed by atoms with Crippen LogP contribution in [0.4, 0.5) is 0 Å². The van der Waals surface area contributed by atoms with Crippen LogP contribution in [0.3, 0.4) is 0 Å². The Bertz CT molecular complexity index is 1510. The van der Waals surface area contributed by atoms with Crippen LogP contribution in [-0.2, 0) is 28.6 Å². The van der Waals surface area contributed by atoms with Gasteiger partial charge in [-0.05, 0) is 83.5 Å². The highest BCUT2D eigenvalue weighted by molar-refractivity contribution is 5.72. The SMILES string of the molecule is CC/C=C\C/C=C\C/C=C\C/C=C\C/C=C\CC(=O)OCC(COC(=O)CCCCCCCCCC/C=C\C/C=C\C/C=C\C/C=C\CC)OC(=O)CCCCCCCCCCCCCCCCCCCCCC. The van der Waals surface area contributed by atoms with E-state index in [4.69, 9.17) is 14.2 Å². The van der Waals surface area contributed by atoms with E-state index < -0.39 is 12.1 Å². The van der Waals surface area contributed by atoms with Crippen LogP contribution in [-0.4, -0.2) is 37.2 Å². The Kier molecular flexibility index (Phi) is 58.3. The van der Waals surface area contributed by atoms with E-state index in [1.165, 1.54) is 141 Å². The molecular weight excluding hydrogens is 913 g/mol. The zero-order valence-electron chi connectivity index (χ0n) is 48.3. The maximum absolute atomic E-state index is 12.9. The minimum absolute atomic E-state index is 0.111. The van der Waals surface area contributed by atoms with E-state index >= 15 is 0 Å². The van der Waals surface area contributed by atoms with Gasteiger partial charge in [0.15, 0.2) is 6.10 Å². The van der Waals surface area contributed by atoms with Crippen LogP contribution < -0.4 is 0 Å². The lowest BCUT2D eigenvalue weighted by Crippen LogP contribution is -2.30. The lowest BCUT2D eigenvalue weighted by atomic mass is 10.0. The monoisotopic (exact) mass is 1030 g/mol. The molecule has 0 saturated heterocycles. The number of carbonyl (C=O) groups is 3. The maximum atomic E-state index is 12.9. The minimum atomic E-state index is -0.822. The molecule has 0 aromatic carbocycles. The van der Waals surface area contributed by atoms with E-state index in [-0.39, 0.29) is 31.6 Å². The molecule has 0 aliphatic rings. The van der Waals surface area contributed by atoms with E-state index in [0.717, 1.165) is 103 Å². The van der Waals surface area contributed by atoms with Crippen LogP contribution in [0.15, 0.2) is 109 Å². The maximum Gasteiger partial charge on any atom is 0.309 e. The van der Waals surface area contributed by atoms with Gasteiger partial charge in [0.2, 0.25) is 0 Å². The first kappa shape index (κ1) is 70.1. The first-order valence-corrected chi connectivity index (χ1v) is 30.9. The normalized spacial score (nSPS) is 12.9. The Balaban J connectivity index is 4.45. The smallest absolute Gasteiger partial charge is 0.309 e. The van der Waals surface area contributed by atoms with E-state index in [0.29, 0.717) is 12.8 Å². The van der Waals surface area contributed by atoms with Crippen molar-refractivity contribution in [1.29, 1.82) is 0 Å². The van der Waals surface area contributed by atoms with Crippen LogP contribution in [0.2, 0.25) is 0 Å². The molecule has 0 aromatic heterocycles. The van der Waals surface area contributed by atoms with Crippen LogP contribution in [0, 0.1) is 0 Å². The number of carbonyl (C=O) groups excluding carboxylic acids is 3. The molecule has 0 fully saturated rings. The third kappa shape index (κ3) is 59.0. The zero-order valence-corrected chi connectivity index (χ0v) is 48.3. The van der Waals surface area contributed by atoms with Crippen molar-refractivity contribution in [2.45, 2.75) is 290 Å². The van der Waals surface area contributed by atoms with Crippen molar-refractivity contribution < 1.29 is 28.6 Å². The van der Waals surface area contributed by atoms with E-state index in [2.05, 4.69) is 118 Å². The fraction of sp³-hybridized carbons (Fsp3) is 0.691. The van der Waals surface area contributed by atoms with Crippen LogP contribution in [0.25, 0.3) is 0 Å². The summed E-state index contributed by atoms with van der Waals surface area (Å²) in [4.78, 5) is 38.2. The van der Waals surface area contributed by atoms with Gasteiger partial charge >= 0.3 is 17.9 Å². The predicted octanol–water partition coefficient (Wildman–Crippen LogP) is 21.0. The molecule has 0 spiro atoms. The van der Waals surface area contributed by atoms with Gasteiger partial charge in [-0.25, -0.2) is 0 Å². The minimum Gasteiger partial charge on any atom is -0.462 e. The molecule has 0 amide bonds. The summed E-state index contributed by atoms with van der Waals surface area (Å²) >= 11 is 0. The van der Waals surface area contributed by atoms with Gasteiger partial charge in [-0.2, -0.15) is 0 Å². The van der Waals surface area contributed by atoms with Crippen molar-refractivity contribution in [2.24, 2.45) is 0 Å². The summed E-state index contributed by atoms with van der Waals surface area (Å²) in [5.74, 6) is -1.04. The summed E-state index contributed by atoms with van der Waals surface area (Å²) in [7, 11) is 0. The van der Waals surface area contributed by atoms with Gasteiger partial charge in [0.25, 0.3) is 0 Å². The second-order valence-electron chi connectivity index (χ2n) is 20.2. The molecule has 0 bridgehead atoms. The number of ether oxygens (including phenoxy) is 3. The first-order valence-electron chi connectivity index (χ1n) is 30.9. The molecule has 0 N–H and O–H groups in total. The number of allylic oxidation sites excluding steroid dienone is 17. The fourth-order valence-electron chi connectivity index (χ4n) is 8.51. The Hall–Kier alpha value is -3.93. The van der Waals surface area contributed by atoms with Gasteiger partial charge in [-0.3, -0.25) is 14.4 Å². The number of unbranched alkanes of at least 4 members (excludes halogenated alkanes) is 27. The molecule has 0 rings (SSSR count). The molecule has 1 unspecified atom stereocenters. The van der Waals surface area contributed by atoms with Crippen LogP contribution in [0.1, 0.15) is 284 Å². The highest BCUT2D eigenvalue weighted by Gasteiger charge is 2.19. The van der Waals surface area contributed by atoms with Gasteiger partial charge in [0, 0.05) is 12.8 Å². The highest BCUT2D eigenvalue weighted by atomic mass is 16.6. The van der Waals surface area contributed by atoms with Crippen molar-refractivity contribution >= 4 is 17.9 Å². The molecule has 1 atom stereocenters. The second-order valence-corrected chi connectivity index (χ2v) is 20.2. The molecule has 422 valence electrons. The number of hydrogen-bond donors (Lipinski definition) is 0. The van der Waals surface area contributed by atoms with Gasteiger partial charge in [0.1, 0.15) is 13.2 Å². The molecule has 6 nitrogen and oxygen atoms in total. The highest BCUT2D eigenvalue weighted by Crippen LogP contribution is 2.16. The van der Waals surface area contributed by atoms with Gasteiger partial charge in [0.05, 0.1) is 6.42 Å². The molecule has 0 radical (unpaired) electrons. The average Bonchev–Trinajstić information content (AvgIpc) is 3.40. The standard InChI is InChI=1S/C68H114O6/c1-4-7-10-13-16-19-22-25-28-30-32-34-36-37-40-43-46-49-52-55-58-61-67(70)73-64-65(63-72-66(69)60-57-54-51-48-45-42-39-27-24-21-18-15-12-9-6-3)74-68(71)62-59-56-53-50-47-44-41-38-35-33-31-29-26-23-20-17-14-11-8-5-2/h7,9-10,12,16,18-19,21,25,27-28,32,34,39,45,48,54,57,65H,4-6,8,11,13-15,17,20,22-24,26,29-31,33,35-38,40-44,46-47,49-53,55-56,58-64H2,1-3H3/b10-7-,12-9-,19-16-,21-18-,28-25-,34-32-,39-27-,48-45-,57-54-. The van der Waals surface area contributed by atoms with E-state index in [9.17, 15) is 14.4 Å². The first-order chi connectivity index (χ1) is 36.5. The third-order valence-corrected chi connectivity index (χ3v) is 13.1. The Morgan fingerprint density at radius 2 is 0.581 bits per heavy atom. The van der Waals surface area contributed by atoms with E-state index in [1.54, 1.807) is 6.08 Å². The summed E-state index contributed by atoms with van der Waals surface area (Å²) in [5, 5.41) is 0. The Labute approximate surface area is 457 Å². The lowest BCUT2D eigenvalue weighted by Gasteiger charge is -2.18. The molecule has 74 heavy (non-hydrogen) atoms. The quantitative estimate of drug-likeness (QED) is 0.0261. The van der Waals surface area contributed by atoms with Gasteiger partial charge in [-0.15, -0.1) is 0 Å². The van der Waals surface area contributed by atoms with Crippen molar-refractivity contribution in [1.82, 2.24) is 0 Å². The Morgan fingerprint density at radius 1 is 0.297 bits per heavy atom. The summed E-state index contributed by atoms with van der Waals surface area (Å²) in [6, 6.07) is 0. The predicted molar refractivity (Wildman–Crippen MR) is 320 cm³/mol. The summed E-state index contributed by atoms with van der Waals surface area (Å²) < 4.78 is 16.8. The van der Waals surface area contributed by atoms with Gasteiger partial charge < -0.3 is 14.2 Å². The largest absolute Gasteiger partial charge is 0.462 e. The average molecular weight is 1030 g/mol. The van der Waals surface area contributed by atoms with Gasteiger partial charge in [-0.1, -0.05) is 291 Å². The molecule has 0 saturated carbocycles. The molecule has 0 aliphatic carbocycles. The number of hydrogen-bond acceptors (Lipinski definition) is 6. The number of esters is 3. The van der Waals surface area contributed by atoms with Crippen LogP contribution >= 0.6 is 0 Å². The summed E-state index contributed by atoms with van der Waals surface area (Å²) in [6.45, 7) is 6.34. The topological polar surface area (TPSA) is 78.9 Å². The molecule has 0 heterocycles. The second kappa shape index (κ2) is 61.6. The van der Waals surface area contributed by atoms with E-state index in [1.807, 2.05) is 6.08 Å². The van der Waals surface area contributed by atoms with Crippen LogP contribution in [0.5, 0.6) is 0 Å². The van der Waals surface area contributed by atoms with Crippen molar-refractivity contribution in [3.05, 3.63) is 109 Å². The zero-order chi connectivity index (χ0) is 53.6. The third-order valence-electron chi connectivity index (χ3n) is 13.1. The fourth-order valence-corrected chi connectivity index (χ4v) is 8.51. The van der Waals surface area contributed by atoms with Crippen molar-refractivity contribution in [3.63, 3.8) is 0 Å². The van der Waals surface area contributed by atoms with Crippen molar-refractivity contribution in [3.8, 4) is 0 Å². The molecule has 0 aliphatic heterocycles. The molecule has 0 aromatic rings. The number of rotatable bonds is 55. The Morgan fingerprint density at radius 3 is 0.946 bits per heavy atom. The van der Waals surface area contributed by atoms with Crippen molar-refractivity contribution in [2.75, 3.05) is 13.2 Å². The lowest BCUT2D eigenvalue weighted by molar-refractivity contribution is -0.166. The molecular formula is C68H114O6. The summed E-state index contributed by atoms with van der Waals surface area (Å²) in [5.41, 5.74) is 0.